The van der Waals surface area contributed by atoms with Gasteiger partial charge in [0, 0.05) is 18.5 Å². The molecule has 3 rings (SSSR count). The topological polar surface area (TPSA) is 71.1 Å². The summed E-state index contributed by atoms with van der Waals surface area (Å²) in [6.45, 7) is 0. The fourth-order valence-corrected chi connectivity index (χ4v) is 4.08. The van der Waals surface area contributed by atoms with Crippen molar-refractivity contribution in [2.24, 2.45) is 0 Å². The highest BCUT2D eigenvalue weighted by atomic mass is 32.2. The van der Waals surface area contributed by atoms with Crippen LogP contribution in [0.4, 0.5) is 5.82 Å². The zero-order valence-corrected chi connectivity index (χ0v) is 12.8. The average molecular weight is 305 g/mol. The van der Waals surface area contributed by atoms with E-state index in [0.717, 1.165) is 42.4 Å². The lowest BCUT2D eigenvalue weighted by atomic mass is 10.2. The predicted octanol–water partition coefficient (Wildman–Crippen LogP) is 2.50. The first-order valence-corrected chi connectivity index (χ1v) is 8.68. The Kier molecular flexibility index (Phi) is 3.82. The molecule has 0 aliphatic heterocycles. The zero-order chi connectivity index (χ0) is 14.9. The lowest BCUT2D eigenvalue weighted by molar-refractivity contribution is 0.552. The maximum atomic E-state index is 12.4. The highest BCUT2D eigenvalue weighted by Gasteiger charge is 2.23. The van der Waals surface area contributed by atoms with Gasteiger partial charge in [-0.05, 0) is 43.2 Å². The Morgan fingerprint density at radius 3 is 2.62 bits per heavy atom. The second-order valence-corrected chi connectivity index (χ2v) is 7.12. The molecule has 1 aromatic carbocycles. The van der Waals surface area contributed by atoms with E-state index in [9.17, 15) is 8.42 Å². The van der Waals surface area contributed by atoms with Crippen LogP contribution in [0.5, 0.6) is 0 Å². The summed E-state index contributed by atoms with van der Waals surface area (Å²) in [6.07, 6.45) is 4.06. The Balaban J connectivity index is 1.92. The molecule has 21 heavy (non-hydrogen) atoms. The van der Waals surface area contributed by atoms with Crippen molar-refractivity contribution in [1.29, 1.82) is 0 Å². The van der Waals surface area contributed by atoms with Crippen molar-refractivity contribution < 1.29 is 8.42 Å². The van der Waals surface area contributed by atoms with Crippen molar-refractivity contribution in [1.82, 2.24) is 9.71 Å². The summed E-state index contributed by atoms with van der Waals surface area (Å²) in [5.41, 5.74) is 0.779. The van der Waals surface area contributed by atoms with Crippen LogP contribution >= 0.6 is 0 Å². The number of fused-ring (bicyclic) bond motifs is 1. The summed E-state index contributed by atoms with van der Waals surface area (Å²) in [5.74, 6) is 0.766. The van der Waals surface area contributed by atoms with Gasteiger partial charge in [-0.2, -0.15) is 0 Å². The average Bonchev–Trinajstić information content (AvgIpc) is 2.98. The van der Waals surface area contributed by atoms with Crippen LogP contribution < -0.4 is 10.0 Å². The number of nitrogens with zero attached hydrogens (tertiary/aromatic N) is 1. The third kappa shape index (κ3) is 3.01. The Bertz CT molecular complexity index is 753. The summed E-state index contributed by atoms with van der Waals surface area (Å²) in [7, 11) is -1.64. The van der Waals surface area contributed by atoms with Gasteiger partial charge in [-0.3, -0.25) is 0 Å². The molecule has 1 aliphatic rings. The molecule has 6 heteroatoms. The van der Waals surface area contributed by atoms with E-state index < -0.39 is 10.0 Å². The molecule has 0 unspecified atom stereocenters. The minimum Gasteiger partial charge on any atom is -0.373 e. The molecule has 1 aromatic heterocycles. The van der Waals surface area contributed by atoms with Crippen molar-refractivity contribution in [3.63, 3.8) is 0 Å². The van der Waals surface area contributed by atoms with Gasteiger partial charge in [-0.25, -0.2) is 18.1 Å². The third-order valence-electron chi connectivity index (χ3n) is 3.90. The smallest absolute Gasteiger partial charge is 0.240 e. The molecule has 0 spiro atoms. The summed E-state index contributed by atoms with van der Waals surface area (Å²) in [5, 5.41) is 3.79. The van der Waals surface area contributed by atoms with Crippen molar-refractivity contribution in [3.8, 4) is 0 Å². The van der Waals surface area contributed by atoms with Gasteiger partial charge in [0.05, 0.1) is 10.4 Å². The summed E-state index contributed by atoms with van der Waals surface area (Å²) in [6, 6.07) is 8.84. The molecule has 1 aliphatic carbocycles. The Hall–Kier alpha value is -1.66. The van der Waals surface area contributed by atoms with Crippen molar-refractivity contribution in [2.75, 3.05) is 12.4 Å². The lowest BCUT2D eigenvalue weighted by Gasteiger charge is -2.13. The lowest BCUT2D eigenvalue weighted by Crippen LogP contribution is -2.32. The number of rotatable bonds is 4. The molecule has 1 fully saturated rings. The molecule has 1 saturated carbocycles. The third-order valence-corrected chi connectivity index (χ3v) is 5.42. The number of anilines is 1. The van der Waals surface area contributed by atoms with Gasteiger partial charge >= 0.3 is 0 Å². The molecular formula is C15H19N3O2S. The second-order valence-electron chi connectivity index (χ2n) is 5.40. The maximum Gasteiger partial charge on any atom is 0.240 e. The molecular weight excluding hydrogens is 286 g/mol. The minimum absolute atomic E-state index is 0.0792. The quantitative estimate of drug-likeness (QED) is 0.910. The van der Waals surface area contributed by atoms with Crippen LogP contribution in [0.15, 0.2) is 35.2 Å². The Labute approximate surface area is 124 Å². The zero-order valence-electron chi connectivity index (χ0n) is 12.0. The van der Waals surface area contributed by atoms with Crippen molar-refractivity contribution in [2.45, 2.75) is 36.6 Å². The van der Waals surface area contributed by atoms with E-state index in [0.29, 0.717) is 4.90 Å². The number of hydrogen-bond acceptors (Lipinski definition) is 4. The highest BCUT2D eigenvalue weighted by Crippen LogP contribution is 2.23. The summed E-state index contributed by atoms with van der Waals surface area (Å²) in [4.78, 5) is 4.70. The van der Waals surface area contributed by atoms with Crippen LogP contribution in [0.1, 0.15) is 25.7 Å². The van der Waals surface area contributed by atoms with E-state index in [2.05, 4.69) is 15.0 Å². The van der Waals surface area contributed by atoms with E-state index in [1.807, 2.05) is 12.1 Å². The fourth-order valence-electron chi connectivity index (χ4n) is 2.74. The van der Waals surface area contributed by atoms with Crippen LogP contribution in [0, 0.1) is 0 Å². The molecule has 0 radical (unpaired) electrons. The molecule has 112 valence electrons. The van der Waals surface area contributed by atoms with Gasteiger partial charge in [0.2, 0.25) is 10.0 Å². The minimum atomic E-state index is -3.44. The van der Waals surface area contributed by atoms with Crippen LogP contribution in [0.25, 0.3) is 10.9 Å². The maximum absolute atomic E-state index is 12.4. The van der Waals surface area contributed by atoms with Gasteiger partial charge in [-0.15, -0.1) is 0 Å². The van der Waals surface area contributed by atoms with Crippen LogP contribution in [0.2, 0.25) is 0 Å². The molecule has 2 aromatic rings. The standard InChI is InChI=1S/C15H19N3O2S/c1-16-15-9-6-11-10-13(7-8-14(11)17-15)21(19,20)18-12-4-2-3-5-12/h6-10,12,18H,2-5H2,1H3,(H,16,17). The number of benzene rings is 1. The van der Waals surface area contributed by atoms with E-state index in [4.69, 9.17) is 0 Å². The molecule has 5 nitrogen and oxygen atoms in total. The fraction of sp³-hybridized carbons (Fsp3) is 0.400. The van der Waals surface area contributed by atoms with E-state index >= 15 is 0 Å². The Morgan fingerprint density at radius 2 is 1.90 bits per heavy atom. The molecule has 0 bridgehead atoms. The van der Waals surface area contributed by atoms with Gasteiger partial charge in [-0.1, -0.05) is 12.8 Å². The summed E-state index contributed by atoms with van der Waals surface area (Å²) < 4.78 is 27.6. The molecule has 2 N–H and O–H groups in total. The van der Waals surface area contributed by atoms with E-state index in [1.54, 1.807) is 25.2 Å². The number of sulfonamides is 1. The monoisotopic (exact) mass is 305 g/mol. The summed E-state index contributed by atoms with van der Waals surface area (Å²) >= 11 is 0. The number of pyridine rings is 1. The van der Waals surface area contributed by atoms with Gasteiger partial charge in [0.1, 0.15) is 5.82 Å². The van der Waals surface area contributed by atoms with E-state index in [1.165, 1.54) is 0 Å². The van der Waals surface area contributed by atoms with Crippen molar-refractivity contribution in [3.05, 3.63) is 30.3 Å². The highest BCUT2D eigenvalue weighted by molar-refractivity contribution is 7.89. The number of hydrogen-bond donors (Lipinski definition) is 2. The first kappa shape index (κ1) is 14.3. The first-order chi connectivity index (χ1) is 10.1. The van der Waals surface area contributed by atoms with Crippen LogP contribution in [0.3, 0.4) is 0 Å². The normalized spacial score (nSPS) is 16.4. The predicted molar refractivity (Wildman–Crippen MR) is 83.9 cm³/mol. The molecule has 0 amide bonds. The molecule has 1 heterocycles. The van der Waals surface area contributed by atoms with Gasteiger partial charge in [0.15, 0.2) is 0 Å². The number of nitrogens with one attached hydrogen (secondary N) is 2. The molecule has 0 saturated heterocycles. The largest absolute Gasteiger partial charge is 0.373 e. The number of aromatic nitrogens is 1. The van der Waals surface area contributed by atoms with E-state index in [-0.39, 0.29) is 6.04 Å². The van der Waals surface area contributed by atoms with Gasteiger partial charge < -0.3 is 5.32 Å². The second kappa shape index (κ2) is 5.61. The SMILES string of the molecule is CNc1ccc2cc(S(=O)(=O)NC3CCCC3)ccc2n1. The van der Waals surface area contributed by atoms with Crippen molar-refractivity contribution >= 4 is 26.7 Å². The van der Waals surface area contributed by atoms with Crippen LogP contribution in [-0.4, -0.2) is 26.5 Å². The van der Waals surface area contributed by atoms with Gasteiger partial charge in [0.25, 0.3) is 0 Å². The Morgan fingerprint density at radius 1 is 1.14 bits per heavy atom. The van der Waals surface area contributed by atoms with Crippen LogP contribution in [-0.2, 0) is 10.0 Å². The molecule has 0 atom stereocenters. The first-order valence-electron chi connectivity index (χ1n) is 7.19.